The lowest BCUT2D eigenvalue weighted by Crippen LogP contribution is -2.25. The van der Waals surface area contributed by atoms with E-state index in [9.17, 15) is 13.2 Å². The Labute approximate surface area is 139 Å². The van der Waals surface area contributed by atoms with Gasteiger partial charge in [0.25, 0.3) is 0 Å². The number of benzene rings is 2. The van der Waals surface area contributed by atoms with E-state index in [-0.39, 0.29) is 29.5 Å². The van der Waals surface area contributed by atoms with E-state index in [0.29, 0.717) is 17.0 Å². The molecule has 1 heterocycles. The third-order valence-electron chi connectivity index (χ3n) is 3.48. The Kier molecular flexibility index (Phi) is 4.61. The zero-order valence-electron chi connectivity index (χ0n) is 12.8. The number of carbonyl (C=O) groups is 1. The van der Waals surface area contributed by atoms with Gasteiger partial charge in [-0.1, -0.05) is 30.3 Å². The average molecular weight is 344 g/mol. The van der Waals surface area contributed by atoms with E-state index in [0.717, 1.165) is 0 Å². The molecule has 1 amide bonds. The minimum atomic E-state index is -3.46. The highest BCUT2D eigenvalue weighted by Gasteiger charge is 2.16. The summed E-state index contributed by atoms with van der Waals surface area (Å²) in [7, 11) is -3.46. The van der Waals surface area contributed by atoms with Gasteiger partial charge in [0.1, 0.15) is 5.52 Å². The quantitative estimate of drug-likeness (QED) is 0.741. The van der Waals surface area contributed by atoms with E-state index in [1.807, 2.05) is 18.2 Å². The van der Waals surface area contributed by atoms with Crippen LogP contribution in [-0.2, 0) is 21.2 Å². The molecule has 124 valence electrons. The summed E-state index contributed by atoms with van der Waals surface area (Å²) >= 11 is 0. The number of carbonyl (C=O) groups excluding carboxylic acids is 1. The highest BCUT2D eigenvalue weighted by atomic mass is 32.2. The van der Waals surface area contributed by atoms with Crippen molar-refractivity contribution in [1.29, 1.82) is 0 Å². The molecule has 24 heavy (non-hydrogen) atoms. The number of nitrogens with one attached hydrogen (secondary N) is 1. The second-order valence-corrected chi connectivity index (χ2v) is 7.34. The number of oxazole rings is 1. The summed E-state index contributed by atoms with van der Waals surface area (Å²) in [6.07, 6.45) is -0.114. The van der Waals surface area contributed by atoms with Gasteiger partial charge in [-0.15, -0.1) is 0 Å². The lowest BCUT2D eigenvalue weighted by molar-refractivity contribution is -0.120. The molecule has 0 fully saturated rings. The molecule has 0 aliphatic rings. The van der Waals surface area contributed by atoms with Gasteiger partial charge in [-0.2, -0.15) is 0 Å². The molecule has 2 aromatic carbocycles. The number of aromatic nitrogens is 1. The van der Waals surface area contributed by atoms with Crippen LogP contribution < -0.4 is 5.32 Å². The lowest BCUT2D eigenvalue weighted by atomic mass is 10.3. The van der Waals surface area contributed by atoms with Crippen molar-refractivity contribution in [3.63, 3.8) is 0 Å². The molecular formula is C17H16N2O4S. The normalized spacial score (nSPS) is 11.5. The molecule has 0 atom stereocenters. The minimum absolute atomic E-state index is 0.114. The molecule has 0 bridgehead atoms. The third kappa shape index (κ3) is 3.80. The first-order chi connectivity index (χ1) is 11.5. The van der Waals surface area contributed by atoms with Crippen LogP contribution in [0.2, 0.25) is 0 Å². The van der Waals surface area contributed by atoms with Crippen LogP contribution in [0, 0.1) is 0 Å². The van der Waals surface area contributed by atoms with Crippen molar-refractivity contribution in [2.45, 2.75) is 17.9 Å². The molecule has 0 unspecified atom stereocenters. The van der Waals surface area contributed by atoms with Crippen molar-refractivity contribution in [2.75, 3.05) is 5.75 Å². The molecule has 1 aromatic heterocycles. The standard InChI is InChI=1S/C17H16N2O4S/c20-16(10-11-24(21,22)13-6-2-1-3-7-13)18-12-17-19-14-8-4-5-9-15(14)23-17/h1-9H,10-12H2,(H,18,20). The van der Waals surface area contributed by atoms with Crippen molar-refractivity contribution < 1.29 is 17.6 Å². The van der Waals surface area contributed by atoms with Crippen molar-refractivity contribution in [2.24, 2.45) is 0 Å². The Morgan fingerprint density at radius 2 is 1.75 bits per heavy atom. The van der Waals surface area contributed by atoms with E-state index in [1.54, 1.807) is 24.3 Å². The van der Waals surface area contributed by atoms with Crippen molar-refractivity contribution >= 4 is 26.8 Å². The molecule has 3 rings (SSSR count). The maximum absolute atomic E-state index is 12.1. The Balaban J connectivity index is 1.54. The number of fused-ring (bicyclic) bond motifs is 1. The van der Waals surface area contributed by atoms with Gasteiger partial charge in [0.2, 0.25) is 11.8 Å². The predicted octanol–water partition coefficient (Wildman–Crippen LogP) is 2.31. The molecule has 0 spiro atoms. The van der Waals surface area contributed by atoms with Gasteiger partial charge in [-0.05, 0) is 24.3 Å². The summed E-state index contributed by atoms with van der Waals surface area (Å²) in [5.74, 6) is -0.219. The second kappa shape index (κ2) is 6.84. The van der Waals surface area contributed by atoms with Gasteiger partial charge >= 0.3 is 0 Å². The van der Waals surface area contributed by atoms with Crippen molar-refractivity contribution in [3.05, 3.63) is 60.5 Å². The second-order valence-electron chi connectivity index (χ2n) is 5.23. The first-order valence-corrected chi connectivity index (χ1v) is 9.09. The van der Waals surface area contributed by atoms with E-state index >= 15 is 0 Å². The Bertz CT molecular complexity index is 916. The number of amides is 1. The zero-order valence-corrected chi connectivity index (χ0v) is 13.6. The van der Waals surface area contributed by atoms with Gasteiger partial charge in [0, 0.05) is 6.42 Å². The molecule has 6 nitrogen and oxygen atoms in total. The van der Waals surface area contributed by atoms with Gasteiger partial charge in [-0.25, -0.2) is 13.4 Å². The van der Waals surface area contributed by atoms with Crippen molar-refractivity contribution in [1.82, 2.24) is 10.3 Å². The monoisotopic (exact) mass is 344 g/mol. The van der Waals surface area contributed by atoms with Gasteiger partial charge < -0.3 is 9.73 Å². The smallest absolute Gasteiger partial charge is 0.221 e. The number of hydrogen-bond donors (Lipinski definition) is 1. The third-order valence-corrected chi connectivity index (χ3v) is 5.21. The largest absolute Gasteiger partial charge is 0.439 e. The molecular weight excluding hydrogens is 328 g/mol. The first kappa shape index (κ1) is 16.2. The number of rotatable bonds is 6. The number of hydrogen-bond acceptors (Lipinski definition) is 5. The van der Waals surface area contributed by atoms with Crippen LogP contribution >= 0.6 is 0 Å². The summed E-state index contributed by atoms with van der Waals surface area (Å²) in [5.41, 5.74) is 1.36. The highest BCUT2D eigenvalue weighted by molar-refractivity contribution is 7.91. The summed E-state index contributed by atoms with van der Waals surface area (Å²) < 4.78 is 29.7. The zero-order chi connectivity index (χ0) is 17.0. The first-order valence-electron chi connectivity index (χ1n) is 7.43. The molecule has 3 aromatic rings. The molecule has 7 heteroatoms. The molecule has 0 radical (unpaired) electrons. The van der Waals surface area contributed by atoms with Crippen LogP contribution in [0.4, 0.5) is 0 Å². The molecule has 0 aliphatic heterocycles. The topological polar surface area (TPSA) is 89.3 Å². The summed E-state index contributed by atoms with van der Waals surface area (Å²) in [6.45, 7) is 0.124. The average Bonchev–Trinajstić information content (AvgIpc) is 3.02. The van der Waals surface area contributed by atoms with Crippen molar-refractivity contribution in [3.8, 4) is 0 Å². The Morgan fingerprint density at radius 1 is 1.04 bits per heavy atom. The summed E-state index contributed by atoms with van der Waals surface area (Å²) in [6, 6.07) is 15.4. The summed E-state index contributed by atoms with van der Waals surface area (Å²) in [4.78, 5) is 16.3. The van der Waals surface area contributed by atoms with Crippen LogP contribution in [0.25, 0.3) is 11.1 Å². The minimum Gasteiger partial charge on any atom is -0.439 e. The fourth-order valence-corrected chi connectivity index (χ4v) is 3.49. The maximum Gasteiger partial charge on any atom is 0.221 e. The van der Waals surface area contributed by atoms with Gasteiger partial charge in [0.15, 0.2) is 15.4 Å². The van der Waals surface area contributed by atoms with E-state index < -0.39 is 9.84 Å². The Morgan fingerprint density at radius 3 is 2.50 bits per heavy atom. The summed E-state index contributed by atoms with van der Waals surface area (Å²) in [5, 5.41) is 2.62. The number of nitrogens with zero attached hydrogens (tertiary/aromatic N) is 1. The maximum atomic E-state index is 12.1. The van der Waals surface area contributed by atoms with Crippen LogP contribution in [0.5, 0.6) is 0 Å². The van der Waals surface area contributed by atoms with Crippen LogP contribution in [0.15, 0.2) is 63.9 Å². The lowest BCUT2D eigenvalue weighted by Gasteiger charge is -2.05. The Hall–Kier alpha value is -2.67. The fraction of sp³-hybridized carbons (Fsp3) is 0.176. The van der Waals surface area contributed by atoms with E-state index in [2.05, 4.69) is 10.3 Å². The van der Waals surface area contributed by atoms with Crippen LogP contribution in [0.1, 0.15) is 12.3 Å². The van der Waals surface area contributed by atoms with E-state index in [1.165, 1.54) is 12.1 Å². The molecule has 0 saturated carbocycles. The van der Waals surface area contributed by atoms with Gasteiger partial charge in [-0.3, -0.25) is 4.79 Å². The van der Waals surface area contributed by atoms with Crippen LogP contribution in [0.3, 0.4) is 0 Å². The van der Waals surface area contributed by atoms with E-state index in [4.69, 9.17) is 4.42 Å². The fourth-order valence-electron chi connectivity index (χ4n) is 2.23. The highest BCUT2D eigenvalue weighted by Crippen LogP contribution is 2.14. The predicted molar refractivity (Wildman–Crippen MR) is 89.0 cm³/mol. The molecule has 0 saturated heterocycles. The molecule has 1 N–H and O–H groups in total. The van der Waals surface area contributed by atoms with Crippen LogP contribution in [-0.4, -0.2) is 25.1 Å². The SMILES string of the molecule is O=C(CCS(=O)(=O)c1ccccc1)NCc1nc2ccccc2o1. The van der Waals surface area contributed by atoms with Gasteiger partial charge in [0.05, 0.1) is 17.2 Å². The number of sulfone groups is 1. The number of para-hydroxylation sites is 2. The molecule has 0 aliphatic carbocycles.